The van der Waals surface area contributed by atoms with Crippen molar-refractivity contribution in [1.82, 2.24) is 4.57 Å². The Balaban J connectivity index is 1.44. The van der Waals surface area contributed by atoms with Crippen LogP contribution < -0.4 is 0 Å². The fourth-order valence-corrected chi connectivity index (χ4v) is 5.89. The van der Waals surface area contributed by atoms with Gasteiger partial charge in [0, 0.05) is 60.7 Å². The molecule has 0 aliphatic rings. The molecule has 0 N–H and O–H groups in total. The highest BCUT2D eigenvalue weighted by molar-refractivity contribution is 7.99. The van der Waals surface area contributed by atoms with Crippen molar-refractivity contribution in [3.8, 4) is 0 Å². The molecule has 0 radical (unpaired) electrons. The van der Waals surface area contributed by atoms with E-state index in [0.29, 0.717) is 33.7 Å². The highest BCUT2D eigenvalue weighted by Gasteiger charge is 2.18. The van der Waals surface area contributed by atoms with Crippen molar-refractivity contribution in [3.05, 3.63) is 124 Å². The lowest BCUT2D eigenvalue weighted by Gasteiger charge is -2.07. The van der Waals surface area contributed by atoms with E-state index in [1.807, 2.05) is 91.9 Å². The number of thioether (sulfide) groups is 1. The number of ketones is 2. The Morgan fingerprint density at radius 3 is 2.16 bits per heavy atom. The van der Waals surface area contributed by atoms with Crippen LogP contribution in [0.1, 0.15) is 45.2 Å². The molecule has 0 aliphatic heterocycles. The van der Waals surface area contributed by atoms with Gasteiger partial charge >= 0.3 is 0 Å². The molecule has 0 spiro atoms. The predicted molar refractivity (Wildman–Crippen MR) is 160 cm³/mol. The first-order valence-electron chi connectivity index (χ1n) is 12.6. The average molecular weight is 538 g/mol. The fourth-order valence-electron chi connectivity index (χ4n) is 4.85. The van der Waals surface area contributed by atoms with Crippen molar-refractivity contribution >= 4 is 56.7 Å². The molecule has 0 aliphatic carbocycles. The number of aromatic nitrogens is 1. The molecular formula is C33H28ClNO2S. The maximum atomic E-state index is 13.3. The second-order valence-corrected chi connectivity index (χ2v) is 10.9. The summed E-state index contributed by atoms with van der Waals surface area (Å²) >= 11 is 7.64. The first-order chi connectivity index (χ1) is 18.4. The Kier molecular flexibility index (Phi) is 7.55. The summed E-state index contributed by atoms with van der Waals surface area (Å²) < 4.78 is 2.22. The van der Waals surface area contributed by atoms with E-state index in [1.54, 1.807) is 11.8 Å². The van der Waals surface area contributed by atoms with E-state index in [4.69, 9.17) is 11.6 Å². The minimum absolute atomic E-state index is 0.00111. The van der Waals surface area contributed by atoms with Crippen LogP contribution in [0.2, 0.25) is 5.02 Å². The summed E-state index contributed by atoms with van der Waals surface area (Å²) in [7, 11) is 0. The third kappa shape index (κ3) is 5.07. The fraction of sp³-hybridized carbons (Fsp3) is 0.152. The maximum Gasteiger partial charge on any atom is 0.193 e. The summed E-state index contributed by atoms with van der Waals surface area (Å²) in [6.07, 6.45) is 0.593. The molecule has 3 nitrogen and oxygen atoms in total. The van der Waals surface area contributed by atoms with Gasteiger partial charge in [0.15, 0.2) is 11.6 Å². The average Bonchev–Trinajstić information content (AvgIpc) is 3.25. The van der Waals surface area contributed by atoms with Crippen molar-refractivity contribution in [2.24, 2.45) is 0 Å². The Morgan fingerprint density at radius 2 is 1.50 bits per heavy atom. The summed E-state index contributed by atoms with van der Waals surface area (Å²) in [6.45, 7) is 8.92. The van der Waals surface area contributed by atoms with Gasteiger partial charge in [-0.15, -0.1) is 11.8 Å². The molecule has 0 saturated heterocycles. The number of halogens is 1. The first-order valence-corrected chi connectivity index (χ1v) is 14.0. The number of allylic oxidation sites excluding steroid dienone is 1. The quantitative estimate of drug-likeness (QED) is 0.107. The molecule has 1 heterocycles. The van der Waals surface area contributed by atoms with Crippen LogP contribution in [0.25, 0.3) is 21.8 Å². The van der Waals surface area contributed by atoms with Crippen LogP contribution in [0.5, 0.6) is 0 Å². The number of rotatable bonds is 9. The summed E-state index contributed by atoms with van der Waals surface area (Å²) in [4.78, 5) is 27.7. The Labute approximate surface area is 232 Å². The van der Waals surface area contributed by atoms with E-state index in [2.05, 4.69) is 18.1 Å². The number of fused-ring (bicyclic) bond motifs is 3. The third-order valence-corrected chi connectivity index (χ3v) is 8.17. The lowest BCUT2D eigenvalue weighted by atomic mass is 9.97. The molecule has 1 aromatic heterocycles. The van der Waals surface area contributed by atoms with Crippen LogP contribution in [-0.2, 0) is 6.54 Å². The van der Waals surface area contributed by atoms with Crippen molar-refractivity contribution < 1.29 is 9.59 Å². The minimum atomic E-state index is -0.0480. The van der Waals surface area contributed by atoms with Gasteiger partial charge in [0.2, 0.25) is 0 Å². The van der Waals surface area contributed by atoms with Crippen molar-refractivity contribution in [1.29, 1.82) is 0 Å². The predicted octanol–water partition coefficient (Wildman–Crippen LogP) is 8.93. The van der Waals surface area contributed by atoms with Crippen LogP contribution in [-0.4, -0.2) is 21.9 Å². The van der Waals surface area contributed by atoms with Crippen LogP contribution in [0.15, 0.2) is 102 Å². The Hall–Kier alpha value is -3.60. The zero-order valence-corrected chi connectivity index (χ0v) is 23.0. The number of hydrogen-bond donors (Lipinski definition) is 0. The summed E-state index contributed by atoms with van der Waals surface area (Å²) in [5.41, 5.74) is 5.59. The monoisotopic (exact) mass is 537 g/mol. The summed E-state index contributed by atoms with van der Waals surface area (Å²) in [5, 5.41) is 2.65. The van der Waals surface area contributed by atoms with E-state index in [1.165, 1.54) is 0 Å². The number of benzene rings is 4. The van der Waals surface area contributed by atoms with Gasteiger partial charge in [-0.2, -0.15) is 0 Å². The summed E-state index contributed by atoms with van der Waals surface area (Å²) in [5.74, 6) is 0.711. The second kappa shape index (κ2) is 11.0. The molecule has 0 saturated carbocycles. The van der Waals surface area contributed by atoms with Crippen molar-refractivity contribution in [2.75, 3.05) is 5.75 Å². The standard InChI is InChI=1S/C33H28ClNO2S/c1-4-35-30-15-9-23(32(36)22(3)17-18-38-26-13-11-25(34)12-14-26)19-28(30)29-20-24(10-16-31(29)35)33(37)27-8-6-5-7-21(27)2/h5-16,19-20H,3-4,17-18H2,1-2H3. The molecule has 0 amide bonds. The molecule has 38 heavy (non-hydrogen) atoms. The molecule has 0 unspecified atom stereocenters. The molecule has 0 atom stereocenters. The molecular weight excluding hydrogens is 510 g/mol. The van der Waals surface area contributed by atoms with Gasteiger partial charge in [-0.3, -0.25) is 9.59 Å². The normalized spacial score (nSPS) is 11.2. The van der Waals surface area contributed by atoms with Gasteiger partial charge in [0.05, 0.1) is 0 Å². The molecule has 0 fully saturated rings. The zero-order valence-electron chi connectivity index (χ0n) is 21.5. The van der Waals surface area contributed by atoms with E-state index in [9.17, 15) is 9.59 Å². The van der Waals surface area contributed by atoms with Gasteiger partial charge in [-0.25, -0.2) is 0 Å². The van der Waals surface area contributed by atoms with Gasteiger partial charge in [0.25, 0.3) is 0 Å². The number of nitrogens with zero attached hydrogens (tertiary/aromatic N) is 1. The SMILES string of the molecule is C=C(CCSc1ccc(Cl)cc1)C(=O)c1ccc2c(c1)c1cc(C(=O)c3ccccc3C)ccc1n2CC. The second-order valence-electron chi connectivity index (χ2n) is 9.34. The highest BCUT2D eigenvalue weighted by Crippen LogP contribution is 2.32. The maximum absolute atomic E-state index is 13.3. The number of carbonyl (C=O) groups excluding carboxylic acids is 2. The third-order valence-electron chi connectivity index (χ3n) is 6.90. The molecule has 4 aromatic carbocycles. The van der Waals surface area contributed by atoms with Crippen molar-refractivity contribution in [3.63, 3.8) is 0 Å². The Morgan fingerprint density at radius 1 is 0.868 bits per heavy atom. The topological polar surface area (TPSA) is 39.1 Å². The number of hydrogen-bond acceptors (Lipinski definition) is 3. The van der Waals surface area contributed by atoms with Crippen LogP contribution in [0.4, 0.5) is 0 Å². The van der Waals surface area contributed by atoms with Gasteiger partial charge in [-0.05, 0) is 92.1 Å². The Bertz CT molecular complexity index is 1700. The molecule has 5 rings (SSSR count). The van der Waals surface area contributed by atoms with E-state index in [-0.39, 0.29) is 11.6 Å². The van der Waals surface area contributed by atoms with Crippen molar-refractivity contribution in [2.45, 2.75) is 31.7 Å². The van der Waals surface area contributed by atoms with Gasteiger partial charge in [-0.1, -0.05) is 42.4 Å². The van der Waals surface area contributed by atoms with E-state index in [0.717, 1.165) is 44.6 Å². The number of carbonyl (C=O) groups is 2. The molecule has 190 valence electrons. The van der Waals surface area contributed by atoms with Crippen LogP contribution in [0, 0.1) is 6.92 Å². The minimum Gasteiger partial charge on any atom is -0.341 e. The highest BCUT2D eigenvalue weighted by atomic mass is 35.5. The first kappa shape index (κ1) is 26.0. The number of aryl methyl sites for hydroxylation is 2. The largest absolute Gasteiger partial charge is 0.341 e. The van der Waals surface area contributed by atoms with Gasteiger partial charge < -0.3 is 4.57 Å². The molecule has 0 bridgehead atoms. The summed E-state index contributed by atoms with van der Waals surface area (Å²) in [6, 6.07) is 27.0. The molecule has 5 heteroatoms. The smallest absolute Gasteiger partial charge is 0.193 e. The van der Waals surface area contributed by atoms with E-state index >= 15 is 0 Å². The van der Waals surface area contributed by atoms with Crippen LogP contribution >= 0.6 is 23.4 Å². The van der Waals surface area contributed by atoms with Gasteiger partial charge in [0.1, 0.15) is 0 Å². The zero-order chi connectivity index (χ0) is 26.8. The molecule has 5 aromatic rings. The van der Waals surface area contributed by atoms with Crippen LogP contribution in [0.3, 0.4) is 0 Å². The lowest BCUT2D eigenvalue weighted by Crippen LogP contribution is -2.03. The van der Waals surface area contributed by atoms with E-state index < -0.39 is 0 Å². The number of Topliss-reactive ketones (excluding diaryl/α,β-unsaturated/α-hetero) is 1. The lowest BCUT2D eigenvalue weighted by molar-refractivity contribution is 0.102.